The number of hydrogen-bond acceptors (Lipinski definition) is 8. The summed E-state index contributed by atoms with van der Waals surface area (Å²) in [6.07, 6.45) is 4.47. The van der Waals surface area contributed by atoms with Crippen LogP contribution in [0.1, 0.15) is 89.6 Å². The molecule has 0 bridgehead atoms. The van der Waals surface area contributed by atoms with Crippen LogP contribution in [-0.4, -0.2) is 106 Å². The predicted molar refractivity (Wildman–Crippen MR) is 203 cm³/mol. The number of hydrazine groups is 1. The lowest BCUT2D eigenvalue weighted by molar-refractivity contribution is -0.132. The fourth-order valence-corrected chi connectivity index (χ4v) is 7.33. The van der Waals surface area contributed by atoms with Crippen LogP contribution in [0.15, 0.2) is 48.5 Å². The van der Waals surface area contributed by atoms with Crippen molar-refractivity contribution in [1.29, 1.82) is 0 Å². The van der Waals surface area contributed by atoms with Crippen molar-refractivity contribution in [2.45, 2.75) is 117 Å². The molecule has 1 saturated carbocycles. The van der Waals surface area contributed by atoms with Gasteiger partial charge in [0.15, 0.2) is 0 Å². The molecule has 2 aliphatic rings. The van der Waals surface area contributed by atoms with Gasteiger partial charge in [0, 0.05) is 44.3 Å². The smallest absolute Gasteiger partial charge is 0.406 e. The van der Waals surface area contributed by atoms with Crippen molar-refractivity contribution in [3.05, 3.63) is 65.5 Å². The molecule has 1 aliphatic heterocycles. The number of carbonyl (C=O) groups excluding carboxylic acids is 4. The largest absolute Gasteiger partial charge is 0.453 e. The lowest BCUT2D eigenvalue weighted by Gasteiger charge is -2.38. The van der Waals surface area contributed by atoms with Crippen molar-refractivity contribution in [1.82, 2.24) is 35.9 Å². The Morgan fingerprint density at radius 3 is 2.43 bits per heavy atom. The van der Waals surface area contributed by atoms with Gasteiger partial charge in [-0.25, -0.2) is 14.6 Å². The average molecular weight is 736 g/mol. The van der Waals surface area contributed by atoms with Crippen molar-refractivity contribution >= 4 is 23.9 Å². The van der Waals surface area contributed by atoms with Crippen LogP contribution in [0.4, 0.5) is 9.59 Å². The number of carbonyl (C=O) groups is 4. The first kappa shape index (κ1) is 41.5. The topological polar surface area (TPSA) is 156 Å². The molecular formula is C40H61N7O6. The minimum absolute atomic E-state index is 0.0238. The number of benzene rings is 1. The quantitative estimate of drug-likeness (QED) is 0.162. The van der Waals surface area contributed by atoms with E-state index in [4.69, 9.17) is 0 Å². The summed E-state index contributed by atoms with van der Waals surface area (Å²) < 4.78 is 4.69. The molecule has 2 fully saturated rings. The summed E-state index contributed by atoms with van der Waals surface area (Å²) in [5.74, 6) is -0.672. The normalized spacial score (nSPS) is 17.6. The second kappa shape index (κ2) is 19.7. The van der Waals surface area contributed by atoms with Gasteiger partial charge in [0.25, 0.3) is 0 Å². The van der Waals surface area contributed by atoms with Gasteiger partial charge in [0.2, 0.25) is 11.8 Å². The Bertz CT molecular complexity index is 1500. The maximum atomic E-state index is 14.4. The average Bonchev–Trinajstić information content (AvgIpc) is 3.48. The van der Waals surface area contributed by atoms with E-state index in [1.807, 2.05) is 88.2 Å². The Labute approximate surface area is 315 Å². The Morgan fingerprint density at radius 2 is 1.77 bits per heavy atom. The number of pyridine rings is 1. The highest BCUT2D eigenvalue weighted by Crippen LogP contribution is 2.25. The van der Waals surface area contributed by atoms with Crippen molar-refractivity contribution in [2.24, 2.45) is 11.3 Å². The number of aromatic nitrogens is 1. The number of ether oxygens (including phenoxy) is 1. The summed E-state index contributed by atoms with van der Waals surface area (Å²) in [5, 5.41) is 19.7. The number of amides is 5. The van der Waals surface area contributed by atoms with E-state index in [2.05, 4.69) is 25.8 Å². The second-order valence-corrected chi connectivity index (χ2v) is 15.5. The molecule has 1 aromatic carbocycles. The van der Waals surface area contributed by atoms with Crippen LogP contribution >= 0.6 is 0 Å². The molecule has 0 radical (unpaired) electrons. The number of aliphatic hydroxyl groups is 1. The minimum Gasteiger partial charge on any atom is -0.453 e. The van der Waals surface area contributed by atoms with Crippen LogP contribution in [0, 0.1) is 18.3 Å². The molecule has 0 spiro atoms. The Morgan fingerprint density at radius 1 is 1.06 bits per heavy atom. The molecule has 2 aromatic rings. The first-order chi connectivity index (χ1) is 25.3. The van der Waals surface area contributed by atoms with Gasteiger partial charge in [-0.15, -0.1) is 0 Å². The van der Waals surface area contributed by atoms with E-state index in [0.29, 0.717) is 32.5 Å². The molecule has 53 heavy (non-hydrogen) atoms. The molecule has 292 valence electrons. The number of aryl methyl sites for hydroxylation is 1. The maximum absolute atomic E-state index is 14.4. The Kier molecular flexibility index (Phi) is 15.5. The fraction of sp³-hybridized carbons (Fsp3) is 0.625. The molecule has 4 atom stereocenters. The zero-order valence-electron chi connectivity index (χ0n) is 32.5. The number of hydrogen-bond donors (Lipinski definition) is 4. The van der Waals surface area contributed by atoms with Gasteiger partial charge < -0.3 is 30.3 Å². The standard InChI is InChI=1S/C40H61N7O6/c1-7-28(2)36(46-22-21-45(39(46)52)25-31-18-14-15-29(3)42-31)37(50)43-33(23-30-16-10-8-11-17-30)34(48)26-47(32-19-12-9-13-20-32)44-35(49)24-40(4,5)27-41-38(51)53-6/h8,10-11,14-18,28,32-34,36,48H,7,9,12-13,19-27H2,1-6H3,(H,41,51)(H,43,50)(H,44,49). The van der Waals surface area contributed by atoms with Gasteiger partial charge >= 0.3 is 12.1 Å². The van der Waals surface area contributed by atoms with Gasteiger partial charge in [-0.3, -0.25) is 20.0 Å². The second-order valence-electron chi connectivity index (χ2n) is 15.5. The Hall–Kier alpha value is -4.23. The van der Waals surface area contributed by atoms with Gasteiger partial charge in [-0.05, 0) is 55.2 Å². The minimum atomic E-state index is -1.05. The number of methoxy groups -OCH3 is 1. The van der Waals surface area contributed by atoms with Crippen molar-refractivity contribution < 1.29 is 29.0 Å². The highest BCUT2D eigenvalue weighted by Gasteiger charge is 2.41. The SMILES string of the molecule is CCC(C)C(C(=O)NC(Cc1ccccc1)C(O)CN(NC(=O)CC(C)(C)CNC(=O)OC)C1CCCCC1)N1CCN(Cc2cccc(C)n2)C1=O. The summed E-state index contributed by atoms with van der Waals surface area (Å²) in [6.45, 7) is 11.3. The zero-order valence-corrected chi connectivity index (χ0v) is 32.5. The summed E-state index contributed by atoms with van der Waals surface area (Å²) in [7, 11) is 1.30. The van der Waals surface area contributed by atoms with Crippen LogP contribution in [0.3, 0.4) is 0 Å². The number of alkyl carbamates (subject to hydrolysis) is 1. The lowest BCUT2D eigenvalue weighted by Crippen LogP contribution is -2.59. The van der Waals surface area contributed by atoms with Gasteiger partial charge in [-0.1, -0.05) is 89.8 Å². The van der Waals surface area contributed by atoms with Gasteiger partial charge in [0.05, 0.1) is 31.5 Å². The lowest BCUT2D eigenvalue weighted by atomic mass is 9.89. The highest BCUT2D eigenvalue weighted by molar-refractivity contribution is 5.88. The Balaban J connectivity index is 1.52. The van der Waals surface area contributed by atoms with Crippen LogP contribution in [0.25, 0.3) is 0 Å². The fourth-order valence-electron chi connectivity index (χ4n) is 7.33. The molecule has 4 N–H and O–H groups in total. The number of nitrogens with one attached hydrogen (secondary N) is 3. The number of nitrogens with zero attached hydrogens (tertiary/aromatic N) is 4. The molecule has 1 saturated heterocycles. The number of rotatable bonds is 18. The molecule has 2 heterocycles. The number of urea groups is 1. The van der Waals surface area contributed by atoms with E-state index in [1.54, 1.807) is 9.80 Å². The van der Waals surface area contributed by atoms with E-state index < -0.39 is 29.7 Å². The zero-order chi connectivity index (χ0) is 38.5. The van der Waals surface area contributed by atoms with E-state index in [9.17, 15) is 24.3 Å². The van der Waals surface area contributed by atoms with Crippen molar-refractivity contribution in [3.63, 3.8) is 0 Å². The maximum Gasteiger partial charge on any atom is 0.406 e. The third kappa shape index (κ3) is 12.4. The first-order valence-corrected chi connectivity index (χ1v) is 19.2. The van der Waals surface area contributed by atoms with Crippen LogP contribution in [-0.2, 0) is 27.3 Å². The van der Waals surface area contributed by atoms with E-state index in [-0.39, 0.29) is 49.3 Å². The third-order valence-electron chi connectivity index (χ3n) is 10.5. The summed E-state index contributed by atoms with van der Waals surface area (Å²) in [6, 6.07) is 13.8. The van der Waals surface area contributed by atoms with Crippen molar-refractivity contribution in [2.75, 3.05) is 33.3 Å². The molecule has 4 unspecified atom stereocenters. The summed E-state index contributed by atoms with van der Waals surface area (Å²) >= 11 is 0. The molecule has 4 rings (SSSR count). The van der Waals surface area contributed by atoms with Crippen molar-refractivity contribution in [3.8, 4) is 0 Å². The van der Waals surface area contributed by atoms with E-state index in [0.717, 1.165) is 49.1 Å². The van der Waals surface area contributed by atoms with E-state index >= 15 is 0 Å². The molecule has 5 amide bonds. The molecule has 1 aliphatic carbocycles. The van der Waals surface area contributed by atoms with Crippen LogP contribution < -0.4 is 16.1 Å². The molecule has 1 aromatic heterocycles. The van der Waals surface area contributed by atoms with Gasteiger partial charge in [-0.2, -0.15) is 0 Å². The third-order valence-corrected chi connectivity index (χ3v) is 10.5. The highest BCUT2D eigenvalue weighted by atomic mass is 16.5. The summed E-state index contributed by atoms with van der Waals surface area (Å²) in [4.78, 5) is 61.3. The van der Waals surface area contributed by atoms with Crippen LogP contribution in [0.2, 0.25) is 0 Å². The molecule has 13 heteroatoms. The monoisotopic (exact) mass is 735 g/mol. The van der Waals surface area contributed by atoms with E-state index in [1.165, 1.54) is 7.11 Å². The number of aliphatic hydroxyl groups excluding tert-OH is 1. The van der Waals surface area contributed by atoms with Gasteiger partial charge in [0.1, 0.15) is 6.04 Å². The summed E-state index contributed by atoms with van der Waals surface area (Å²) in [5.41, 5.74) is 5.16. The first-order valence-electron chi connectivity index (χ1n) is 19.2. The van der Waals surface area contributed by atoms with Crippen LogP contribution in [0.5, 0.6) is 0 Å². The molecular weight excluding hydrogens is 674 g/mol. The predicted octanol–water partition coefficient (Wildman–Crippen LogP) is 4.57. The molecule has 13 nitrogen and oxygen atoms in total.